The van der Waals surface area contributed by atoms with E-state index in [4.69, 9.17) is 27.5 Å². The maximum atomic E-state index is 12.6. The van der Waals surface area contributed by atoms with Crippen LogP contribution in [0.25, 0.3) is 0 Å². The van der Waals surface area contributed by atoms with Crippen molar-refractivity contribution < 1.29 is 19.1 Å². The van der Waals surface area contributed by atoms with Gasteiger partial charge in [-0.3, -0.25) is 9.59 Å². The molecule has 0 aliphatic carbocycles. The highest BCUT2D eigenvalue weighted by molar-refractivity contribution is 6.32. The van der Waals surface area contributed by atoms with Crippen molar-refractivity contribution in [2.45, 2.75) is 26.8 Å². The van der Waals surface area contributed by atoms with Crippen LogP contribution in [0.1, 0.15) is 36.7 Å². The van der Waals surface area contributed by atoms with Crippen molar-refractivity contribution in [3.63, 3.8) is 0 Å². The maximum absolute atomic E-state index is 12.6. The number of nitrogens with zero attached hydrogens (tertiary/aromatic N) is 1. The summed E-state index contributed by atoms with van der Waals surface area (Å²) in [7, 11) is 0. The van der Waals surface area contributed by atoms with E-state index in [9.17, 15) is 9.59 Å². The molecule has 0 bridgehead atoms. The molecule has 2 aromatic rings. The van der Waals surface area contributed by atoms with Crippen molar-refractivity contribution in [1.29, 1.82) is 0 Å². The summed E-state index contributed by atoms with van der Waals surface area (Å²) in [6.07, 6.45) is 6.66. The molecule has 0 spiro atoms. The van der Waals surface area contributed by atoms with Crippen molar-refractivity contribution in [3.05, 3.63) is 58.6 Å². The molecule has 2 N–H and O–H groups in total. The number of amides is 2. The summed E-state index contributed by atoms with van der Waals surface area (Å²) < 4.78 is 11.0. The fourth-order valence-electron chi connectivity index (χ4n) is 2.77. The highest BCUT2D eigenvalue weighted by Crippen LogP contribution is 2.36. The SMILES string of the molecule is C#CCOc1c(Cl)cc(/C=N/NC(=O)C(NC(=O)c2ccccc2)C(C)C)cc1OCC. The highest BCUT2D eigenvalue weighted by Gasteiger charge is 2.24. The molecule has 0 aliphatic rings. The fourth-order valence-corrected chi connectivity index (χ4v) is 3.04. The van der Waals surface area contributed by atoms with Gasteiger partial charge in [0.25, 0.3) is 11.8 Å². The van der Waals surface area contributed by atoms with Gasteiger partial charge in [-0.15, -0.1) is 6.42 Å². The highest BCUT2D eigenvalue weighted by atomic mass is 35.5. The van der Waals surface area contributed by atoms with Gasteiger partial charge in [0, 0.05) is 5.56 Å². The lowest BCUT2D eigenvalue weighted by Crippen LogP contribution is -2.48. The number of carbonyl (C=O) groups is 2. The minimum absolute atomic E-state index is 0.0502. The summed E-state index contributed by atoms with van der Waals surface area (Å²) in [5.41, 5.74) is 3.52. The van der Waals surface area contributed by atoms with E-state index in [-0.39, 0.29) is 18.4 Å². The molecule has 0 aromatic heterocycles. The van der Waals surface area contributed by atoms with Crippen molar-refractivity contribution in [3.8, 4) is 23.8 Å². The van der Waals surface area contributed by atoms with Gasteiger partial charge in [-0.2, -0.15) is 5.10 Å². The molecule has 2 rings (SSSR count). The third kappa shape index (κ3) is 7.03. The summed E-state index contributed by atoms with van der Waals surface area (Å²) in [4.78, 5) is 25.0. The average molecular weight is 456 g/mol. The summed E-state index contributed by atoms with van der Waals surface area (Å²) >= 11 is 6.28. The van der Waals surface area contributed by atoms with Crippen LogP contribution in [0.4, 0.5) is 0 Å². The topological polar surface area (TPSA) is 89.0 Å². The van der Waals surface area contributed by atoms with Gasteiger partial charge in [-0.25, -0.2) is 5.43 Å². The zero-order valence-electron chi connectivity index (χ0n) is 18.2. The molecule has 1 atom stereocenters. The van der Waals surface area contributed by atoms with Crippen molar-refractivity contribution in [2.75, 3.05) is 13.2 Å². The van der Waals surface area contributed by atoms with Crippen LogP contribution in [0, 0.1) is 18.3 Å². The number of halogens is 1. The molecule has 7 nitrogen and oxygen atoms in total. The monoisotopic (exact) mass is 455 g/mol. The van der Waals surface area contributed by atoms with E-state index in [1.807, 2.05) is 26.8 Å². The first kappa shape index (κ1) is 24.8. The lowest BCUT2D eigenvalue weighted by atomic mass is 10.0. The molecule has 0 radical (unpaired) electrons. The van der Waals surface area contributed by atoms with Crippen molar-refractivity contribution >= 4 is 29.6 Å². The molecule has 8 heteroatoms. The number of hydrogen-bond donors (Lipinski definition) is 2. The largest absolute Gasteiger partial charge is 0.490 e. The van der Waals surface area contributed by atoms with E-state index in [1.54, 1.807) is 36.4 Å². The number of benzene rings is 2. The van der Waals surface area contributed by atoms with Gasteiger partial charge < -0.3 is 14.8 Å². The predicted molar refractivity (Wildman–Crippen MR) is 125 cm³/mol. The lowest BCUT2D eigenvalue weighted by molar-refractivity contribution is -0.123. The third-order valence-corrected chi connectivity index (χ3v) is 4.57. The molecule has 0 saturated heterocycles. The van der Waals surface area contributed by atoms with Gasteiger partial charge in [0.05, 0.1) is 17.8 Å². The second-order valence-electron chi connectivity index (χ2n) is 7.05. The molecule has 2 amide bonds. The van der Waals surface area contributed by atoms with E-state index < -0.39 is 11.9 Å². The van der Waals surface area contributed by atoms with Crippen LogP contribution < -0.4 is 20.2 Å². The Morgan fingerprint density at radius 3 is 2.56 bits per heavy atom. The van der Waals surface area contributed by atoms with Gasteiger partial charge >= 0.3 is 0 Å². The molecule has 1 unspecified atom stereocenters. The second kappa shape index (κ2) is 12.4. The van der Waals surface area contributed by atoms with Gasteiger partial charge in [0.2, 0.25) is 0 Å². The Hall–Kier alpha value is -3.50. The van der Waals surface area contributed by atoms with Crippen LogP contribution in [0.5, 0.6) is 11.5 Å². The van der Waals surface area contributed by atoms with Gasteiger partial charge in [0.1, 0.15) is 12.6 Å². The number of rotatable bonds is 10. The normalized spacial score (nSPS) is 11.6. The van der Waals surface area contributed by atoms with Crippen LogP contribution in [-0.2, 0) is 4.79 Å². The predicted octanol–water partition coefficient (Wildman–Crippen LogP) is 3.66. The minimum atomic E-state index is -0.762. The molecule has 2 aromatic carbocycles. The van der Waals surface area contributed by atoms with Crippen LogP contribution >= 0.6 is 11.6 Å². The maximum Gasteiger partial charge on any atom is 0.262 e. The second-order valence-corrected chi connectivity index (χ2v) is 7.46. The van der Waals surface area contributed by atoms with E-state index >= 15 is 0 Å². The van der Waals surface area contributed by atoms with Crippen LogP contribution in [0.15, 0.2) is 47.6 Å². The Labute approximate surface area is 193 Å². The number of hydrogen-bond acceptors (Lipinski definition) is 5. The van der Waals surface area contributed by atoms with E-state index in [0.29, 0.717) is 34.3 Å². The van der Waals surface area contributed by atoms with Gasteiger partial charge in [-0.1, -0.05) is 49.6 Å². The Kier molecular flexibility index (Phi) is 9.58. The number of hydrazone groups is 1. The van der Waals surface area contributed by atoms with E-state index in [2.05, 4.69) is 21.8 Å². The van der Waals surface area contributed by atoms with Crippen LogP contribution in [0.3, 0.4) is 0 Å². The smallest absolute Gasteiger partial charge is 0.262 e. The molecular weight excluding hydrogens is 430 g/mol. The van der Waals surface area contributed by atoms with Crippen molar-refractivity contribution in [2.24, 2.45) is 11.0 Å². The fraction of sp³-hybridized carbons (Fsp3) is 0.292. The third-order valence-electron chi connectivity index (χ3n) is 4.29. The number of nitrogens with one attached hydrogen (secondary N) is 2. The Morgan fingerprint density at radius 2 is 1.94 bits per heavy atom. The molecule has 0 aliphatic heterocycles. The lowest BCUT2D eigenvalue weighted by Gasteiger charge is -2.20. The summed E-state index contributed by atoms with van der Waals surface area (Å²) in [6, 6.07) is 11.2. The summed E-state index contributed by atoms with van der Waals surface area (Å²) in [5.74, 6) is 2.21. The minimum Gasteiger partial charge on any atom is -0.490 e. The standard InChI is InChI=1S/C24H26ClN3O4/c1-5-12-32-22-19(25)13-17(14-20(22)31-6-2)15-26-28-24(30)21(16(3)4)27-23(29)18-10-8-7-9-11-18/h1,7-11,13-16,21H,6,12H2,2-4H3,(H,27,29)(H,28,30)/b26-15+. The Morgan fingerprint density at radius 1 is 1.22 bits per heavy atom. The zero-order valence-corrected chi connectivity index (χ0v) is 19.0. The van der Waals surface area contributed by atoms with Gasteiger partial charge in [-0.05, 0) is 42.7 Å². The van der Waals surface area contributed by atoms with E-state index in [1.165, 1.54) is 6.21 Å². The molecule has 32 heavy (non-hydrogen) atoms. The molecular formula is C24H26ClN3O4. The quantitative estimate of drug-likeness (QED) is 0.325. The summed E-state index contributed by atoms with van der Waals surface area (Å²) in [6.45, 7) is 5.95. The Balaban J connectivity index is 2.10. The van der Waals surface area contributed by atoms with Crippen LogP contribution in [-0.4, -0.2) is 37.3 Å². The van der Waals surface area contributed by atoms with Gasteiger partial charge in [0.15, 0.2) is 11.5 Å². The zero-order chi connectivity index (χ0) is 23.5. The first-order chi connectivity index (χ1) is 15.4. The average Bonchev–Trinajstić information content (AvgIpc) is 2.77. The molecule has 0 heterocycles. The number of ether oxygens (including phenoxy) is 2. The Bertz CT molecular complexity index is 1000. The van der Waals surface area contributed by atoms with Crippen molar-refractivity contribution in [1.82, 2.24) is 10.7 Å². The first-order valence-corrected chi connectivity index (χ1v) is 10.5. The first-order valence-electron chi connectivity index (χ1n) is 10.1. The number of carbonyl (C=O) groups excluding carboxylic acids is 2. The molecule has 0 fully saturated rings. The van der Waals surface area contributed by atoms with Crippen LogP contribution in [0.2, 0.25) is 5.02 Å². The summed E-state index contributed by atoms with van der Waals surface area (Å²) in [5, 5.41) is 7.04. The van der Waals surface area contributed by atoms with E-state index in [0.717, 1.165) is 0 Å². The number of terminal acetylenes is 1. The molecule has 0 saturated carbocycles. The molecule has 168 valence electrons.